The van der Waals surface area contributed by atoms with Gasteiger partial charge >= 0.3 is 5.97 Å². The van der Waals surface area contributed by atoms with Crippen molar-refractivity contribution in [1.82, 2.24) is 20.9 Å². The largest absolute Gasteiger partial charge is 0.456 e. The molecule has 3 amide bonds. The lowest BCUT2D eigenvalue weighted by Gasteiger charge is -2.23. The number of benzene rings is 2. The lowest BCUT2D eigenvalue weighted by Crippen LogP contribution is -2.47. The minimum absolute atomic E-state index is 0.0639. The van der Waals surface area contributed by atoms with Crippen molar-refractivity contribution in [2.75, 3.05) is 5.75 Å². The summed E-state index contributed by atoms with van der Waals surface area (Å²) in [5.74, 6) is -3.31. The van der Waals surface area contributed by atoms with E-state index in [0.29, 0.717) is 12.2 Å². The number of carbonyl (C=O) groups excluding carboxylic acids is 4. The number of hydrogen-bond acceptors (Lipinski definition) is 7. The molecule has 2 bridgehead atoms. The van der Waals surface area contributed by atoms with Crippen molar-refractivity contribution < 1.29 is 28.3 Å². The highest BCUT2D eigenvalue weighted by atomic mass is 32.1. The molecule has 1 aliphatic heterocycles. The number of carbonyl (C=O) groups is 4. The van der Waals surface area contributed by atoms with Crippen LogP contribution in [0.3, 0.4) is 0 Å². The van der Waals surface area contributed by atoms with Crippen LogP contribution < -0.4 is 16.0 Å². The number of fused-ring (bicyclic) bond motifs is 3. The molecule has 1 aliphatic rings. The zero-order valence-electron chi connectivity index (χ0n) is 22.9. The van der Waals surface area contributed by atoms with Crippen LogP contribution in [0.25, 0.3) is 10.8 Å². The van der Waals surface area contributed by atoms with E-state index in [2.05, 4.69) is 33.6 Å². The highest BCUT2D eigenvalue weighted by molar-refractivity contribution is 7.80. The van der Waals surface area contributed by atoms with Crippen molar-refractivity contribution in [2.24, 2.45) is 0 Å². The van der Waals surface area contributed by atoms with E-state index in [1.807, 2.05) is 42.5 Å². The summed E-state index contributed by atoms with van der Waals surface area (Å²) in [6.45, 7) is 1.42. The third-order valence-corrected chi connectivity index (χ3v) is 6.82. The summed E-state index contributed by atoms with van der Waals surface area (Å²) in [6.07, 6.45) is 4.21. The number of nitrogens with one attached hydrogen (secondary N) is 3. The average molecular weight is 591 g/mol. The van der Waals surface area contributed by atoms with Gasteiger partial charge in [0.2, 0.25) is 5.91 Å². The highest BCUT2D eigenvalue weighted by Crippen LogP contribution is 2.21. The Morgan fingerprint density at radius 3 is 2.62 bits per heavy atom. The van der Waals surface area contributed by atoms with Gasteiger partial charge in [-0.3, -0.25) is 14.4 Å². The number of cyclic esters (lactones) is 1. The molecule has 218 valence electrons. The van der Waals surface area contributed by atoms with Crippen LogP contribution in [0.4, 0.5) is 4.39 Å². The van der Waals surface area contributed by atoms with Crippen molar-refractivity contribution in [3.63, 3.8) is 0 Å². The minimum atomic E-state index is -1.19. The maximum atomic E-state index is 14.5. The average Bonchev–Trinajstić information content (AvgIpc) is 2.98. The van der Waals surface area contributed by atoms with Crippen LogP contribution in [0.2, 0.25) is 0 Å². The standard InChI is InChI=1S/C31H31FN4O5S/c1-2-25-29(38)36-26(16-20-10-7-9-19-8-3-4-12-23(19)20)31(40)41-22(11-5-6-15-42)17-27(37)33-18-21-13-14-24(32)28(34-21)30(39)35-25/h2-5,7-14,22,26,42H,6,15-18H2,1H3,(H,33,37)(H,35,39)(H,36,38)/b11-5+,25-2-/t22-,26+/m1/s1. The maximum absolute atomic E-state index is 14.5. The first kappa shape index (κ1) is 30.4. The molecule has 0 saturated carbocycles. The fraction of sp³-hybridized carbons (Fsp3) is 0.258. The Morgan fingerprint density at radius 1 is 1.05 bits per heavy atom. The number of allylic oxidation sites excluding steroid dienone is 2. The first-order chi connectivity index (χ1) is 20.3. The Bertz CT molecular complexity index is 1550. The molecule has 0 saturated heterocycles. The van der Waals surface area contributed by atoms with E-state index >= 15 is 0 Å². The quantitative estimate of drug-likeness (QED) is 0.156. The first-order valence-electron chi connectivity index (χ1n) is 13.4. The van der Waals surface area contributed by atoms with Crippen molar-refractivity contribution in [3.05, 3.63) is 101 Å². The number of nitrogens with zero attached hydrogens (tertiary/aromatic N) is 1. The normalized spacial score (nSPS) is 19.8. The maximum Gasteiger partial charge on any atom is 0.329 e. The Hall–Kier alpha value is -4.51. The summed E-state index contributed by atoms with van der Waals surface area (Å²) in [6, 6.07) is 14.5. The number of pyridine rings is 1. The van der Waals surface area contributed by atoms with E-state index in [4.69, 9.17) is 4.74 Å². The Balaban J connectivity index is 1.72. The molecule has 0 spiro atoms. The van der Waals surface area contributed by atoms with Gasteiger partial charge in [-0.25, -0.2) is 14.2 Å². The van der Waals surface area contributed by atoms with Crippen molar-refractivity contribution >= 4 is 47.1 Å². The van der Waals surface area contributed by atoms with Gasteiger partial charge in [-0.2, -0.15) is 12.6 Å². The summed E-state index contributed by atoms with van der Waals surface area (Å²) in [5, 5.41) is 9.54. The molecule has 42 heavy (non-hydrogen) atoms. The predicted molar refractivity (Wildman–Crippen MR) is 159 cm³/mol. The molecule has 0 fully saturated rings. The second-order valence-electron chi connectivity index (χ2n) is 9.55. The number of rotatable bonds is 5. The zero-order chi connectivity index (χ0) is 30.1. The summed E-state index contributed by atoms with van der Waals surface area (Å²) in [5.41, 5.74) is 0.259. The van der Waals surface area contributed by atoms with Crippen molar-refractivity contribution in [1.29, 1.82) is 0 Å². The number of hydrogen-bond donors (Lipinski definition) is 4. The molecule has 0 radical (unpaired) electrons. The van der Waals surface area contributed by atoms with E-state index in [9.17, 15) is 23.6 Å². The molecule has 3 aromatic rings. The lowest BCUT2D eigenvalue weighted by atomic mass is 9.98. The predicted octanol–water partition coefficient (Wildman–Crippen LogP) is 3.54. The monoisotopic (exact) mass is 590 g/mol. The van der Waals surface area contributed by atoms with Gasteiger partial charge in [-0.1, -0.05) is 54.6 Å². The van der Waals surface area contributed by atoms with Gasteiger partial charge in [0.15, 0.2) is 11.5 Å². The number of amides is 3. The molecular weight excluding hydrogens is 559 g/mol. The van der Waals surface area contributed by atoms with E-state index in [1.165, 1.54) is 19.1 Å². The van der Waals surface area contributed by atoms with Crippen molar-refractivity contribution in [3.8, 4) is 0 Å². The van der Waals surface area contributed by atoms with Crippen LogP contribution in [0.1, 0.15) is 41.5 Å². The second-order valence-corrected chi connectivity index (χ2v) is 10.0. The minimum Gasteiger partial charge on any atom is -0.456 e. The third-order valence-electron chi connectivity index (χ3n) is 6.56. The summed E-state index contributed by atoms with van der Waals surface area (Å²) in [7, 11) is 0. The number of ether oxygens (including phenoxy) is 1. The van der Waals surface area contributed by atoms with Crippen LogP contribution in [0, 0.1) is 5.82 Å². The molecular formula is C31H31FN4O5S. The fourth-order valence-electron chi connectivity index (χ4n) is 4.45. The molecule has 0 aliphatic carbocycles. The van der Waals surface area contributed by atoms with E-state index in [-0.39, 0.29) is 30.8 Å². The number of thiol groups is 1. The summed E-state index contributed by atoms with van der Waals surface area (Å²) in [4.78, 5) is 56.7. The van der Waals surface area contributed by atoms with Gasteiger partial charge in [0.05, 0.1) is 18.7 Å². The Morgan fingerprint density at radius 2 is 1.83 bits per heavy atom. The van der Waals surface area contributed by atoms with Gasteiger partial charge in [0.1, 0.15) is 17.8 Å². The summed E-state index contributed by atoms with van der Waals surface area (Å²) < 4.78 is 20.3. The smallest absolute Gasteiger partial charge is 0.329 e. The van der Waals surface area contributed by atoms with E-state index in [1.54, 1.807) is 12.2 Å². The molecule has 4 rings (SSSR count). The Kier molecular flexibility index (Phi) is 10.4. The number of esters is 1. The lowest BCUT2D eigenvalue weighted by molar-refractivity contribution is -0.151. The highest BCUT2D eigenvalue weighted by Gasteiger charge is 2.29. The van der Waals surface area contributed by atoms with E-state index in [0.717, 1.165) is 22.4 Å². The first-order valence-corrected chi connectivity index (χ1v) is 14.1. The molecule has 11 heteroatoms. The van der Waals surface area contributed by atoms with Gasteiger partial charge < -0.3 is 20.7 Å². The van der Waals surface area contributed by atoms with Crippen molar-refractivity contribution in [2.45, 2.75) is 44.9 Å². The van der Waals surface area contributed by atoms with Gasteiger partial charge in [0.25, 0.3) is 11.8 Å². The molecule has 3 N–H and O–H groups in total. The topological polar surface area (TPSA) is 126 Å². The van der Waals surface area contributed by atoms with Crippen LogP contribution in [-0.4, -0.2) is 46.6 Å². The molecule has 2 atom stereocenters. The number of halogens is 1. The summed E-state index contributed by atoms with van der Waals surface area (Å²) >= 11 is 4.19. The molecule has 2 heterocycles. The molecule has 0 unspecified atom stereocenters. The SMILES string of the molecule is C/C=C1\NC(=O)c2nc(ccc2F)CNC(=O)C[C@@H](/C=C/CCS)OC(=O)[C@H](Cc2cccc3ccccc23)NC1=O. The van der Waals surface area contributed by atoms with Crippen LogP contribution in [-0.2, 0) is 32.1 Å². The second kappa shape index (κ2) is 14.4. The Labute approximate surface area is 248 Å². The third kappa shape index (κ3) is 7.82. The number of aromatic nitrogens is 1. The van der Waals surface area contributed by atoms with Crippen LogP contribution in [0.5, 0.6) is 0 Å². The van der Waals surface area contributed by atoms with E-state index < -0.39 is 47.3 Å². The molecule has 2 aromatic carbocycles. The van der Waals surface area contributed by atoms with Crippen LogP contribution in [0.15, 0.2) is 78.5 Å². The van der Waals surface area contributed by atoms with Gasteiger partial charge in [0, 0.05) is 6.42 Å². The zero-order valence-corrected chi connectivity index (χ0v) is 23.8. The molecule has 9 nitrogen and oxygen atoms in total. The van der Waals surface area contributed by atoms with Gasteiger partial charge in [-0.05, 0) is 53.6 Å². The molecule has 1 aromatic heterocycles. The fourth-order valence-corrected chi connectivity index (χ4v) is 4.60. The van der Waals surface area contributed by atoms with Gasteiger partial charge in [-0.15, -0.1) is 0 Å². The van der Waals surface area contributed by atoms with Crippen LogP contribution >= 0.6 is 12.6 Å².